The zero-order valence-electron chi connectivity index (χ0n) is 10.9. The molecule has 1 rings (SSSR count). The number of nitrogens with one attached hydrogen (secondary N) is 1. The fourth-order valence-electron chi connectivity index (χ4n) is 1.88. The fraction of sp³-hybridized carbons (Fsp3) is 0.600. The molecule has 0 aromatic heterocycles. The van der Waals surface area contributed by atoms with Crippen LogP contribution in [-0.4, -0.2) is 6.54 Å². The molecule has 1 nitrogen and oxygen atoms in total. The Morgan fingerprint density at radius 1 is 1.12 bits per heavy atom. The van der Waals surface area contributed by atoms with E-state index in [0.717, 1.165) is 12.5 Å². The molecule has 0 spiro atoms. The van der Waals surface area contributed by atoms with Gasteiger partial charge < -0.3 is 5.32 Å². The molecule has 90 valence electrons. The van der Waals surface area contributed by atoms with Crippen LogP contribution in [0.25, 0.3) is 0 Å². The first-order valence-corrected chi connectivity index (χ1v) is 6.56. The Balaban J connectivity index is 2.34. The number of hydrogen-bond acceptors (Lipinski definition) is 1. The normalized spacial score (nSPS) is 12.4. The third kappa shape index (κ3) is 4.69. The Hall–Kier alpha value is -0.980. The molecule has 0 saturated heterocycles. The van der Waals surface area contributed by atoms with E-state index in [1.165, 1.54) is 36.9 Å². The second-order valence-corrected chi connectivity index (χ2v) is 4.66. The lowest BCUT2D eigenvalue weighted by Gasteiger charge is -2.16. The Bertz CT molecular complexity index is 276. The van der Waals surface area contributed by atoms with Gasteiger partial charge in [-0.15, -0.1) is 0 Å². The van der Waals surface area contributed by atoms with E-state index in [4.69, 9.17) is 0 Å². The van der Waals surface area contributed by atoms with E-state index in [9.17, 15) is 0 Å². The van der Waals surface area contributed by atoms with E-state index < -0.39 is 0 Å². The summed E-state index contributed by atoms with van der Waals surface area (Å²) >= 11 is 0. The number of anilines is 1. The average molecular weight is 219 g/mol. The van der Waals surface area contributed by atoms with Gasteiger partial charge in [-0.05, 0) is 31.4 Å². The highest BCUT2D eigenvalue weighted by Crippen LogP contribution is 2.15. The van der Waals surface area contributed by atoms with Gasteiger partial charge in [-0.3, -0.25) is 0 Å². The van der Waals surface area contributed by atoms with Gasteiger partial charge >= 0.3 is 0 Å². The summed E-state index contributed by atoms with van der Waals surface area (Å²) in [5, 5.41) is 3.53. The zero-order valence-corrected chi connectivity index (χ0v) is 10.9. The Morgan fingerprint density at radius 3 is 2.38 bits per heavy atom. The maximum Gasteiger partial charge on any atom is 0.0340 e. The third-order valence-corrected chi connectivity index (χ3v) is 3.19. The topological polar surface area (TPSA) is 12.0 Å². The summed E-state index contributed by atoms with van der Waals surface area (Å²) in [4.78, 5) is 0. The summed E-state index contributed by atoms with van der Waals surface area (Å²) in [7, 11) is 0. The second-order valence-electron chi connectivity index (χ2n) is 4.66. The van der Waals surface area contributed by atoms with Gasteiger partial charge in [0, 0.05) is 12.2 Å². The van der Waals surface area contributed by atoms with Crippen molar-refractivity contribution in [1.29, 1.82) is 0 Å². The van der Waals surface area contributed by atoms with Crippen LogP contribution in [0.15, 0.2) is 24.3 Å². The zero-order chi connectivity index (χ0) is 11.8. The first-order valence-electron chi connectivity index (χ1n) is 6.56. The van der Waals surface area contributed by atoms with Crippen LogP contribution in [0.3, 0.4) is 0 Å². The molecular weight excluding hydrogens is 194 g/mol. The summed E-state index contributed by atoms with van der Waals surface area (Å²) in [5.41, 5.74) is 2.57. The highest BCUT2D eigenvalue weighted by Gasteiger charge is 2.04. The molecule has 0 fully saturated rings. The number of aryl methyl sites for hydroxylation is 1. The molecule has 0 aliphatic rings. The number of hydrogen-bond donors (Lipinski definition) is 1. The molecule has 0 aliphatic carbocycles. The molecule has 0 radical (unpaired) electrons. The second kappa shape index (κ2) is 7.32. The van der Waals surface area contributed by atoms with Gasteiger partial charge in [-0.2, -0.15) is 0 Å². The van der Waals surface area contributed by atoms with E-state index in [1.54, 1.807) is 0 Å². The van der Waals surface area contributed by atoms with E-state index in [1.807, 2.05) is 0 Å². The van der Waals surface area contributed by atoms with Crippen LogP contribution in [-0.2, 0) is 0 Å². The Morgan fingerprint density at radius 2 is 1.81 bits per heavy atom. The molecule has 0 heterocycles. The van der Waals surface area contributed by atoms with E-state index in [2.05, 4.69) is 50.4 Å². The van der Waals surface area contributed by atoms with Crippen molar-refractivity contribution >= 4 is 5.69 Å². The highest BCUT2D eigenvalue weighted by atomic mass is 14.9. The minimum atomic E-state index is 0.821. The minimum absolute atomic E-state index is 0.821. The van der Waals surface area contributed by atoms with Gasteiger partial charge in [-0.1, -0.05) is 50.8 Å². The van der Waals surface area contributed by atoms with Gasteiger partial charge in [0.1, 0.15) is 0 Å². The van der Waals surface area contributed by atoms with Crippen LogP contribution < -0.4 is 5.32 Å². The van der Waals surface area contributed by atoms with Crippen LogP contribution in [0.4, 0.5) is 5.69 Å². The van der Waals surface area contributed by atoms with Gasteiger partial charge in [0.05, 0.1) is 0 Å². The van der Waals surface area contributed by atoms with Gasteiger partial charge in [0.2, 0.25) is 0 Å². The smallest absolute Gasteiger partial charge is 0.0340 e. The van der Waals surface area contributed by atoms with Gasteiger partial charge in [0.15, 0.2) is 0 Å². The standard InChI is InChI=1S/C15H25N/c1-4-6-7-14(5-2)12-16-15-10-8-13(3)9-11-15/h8-11,14,16H,4-7,12H2,1-3H3. The van der Waals surface area contributed by atoms with E-state index >= 15 is 0 Å². The molecule has 0 amide bonds. The molecule has 1 heteroatoms. The summed E-state index contributed by atoms with van der Waals surface area (Å²) in [6, 6.07) is 8.66. The van der Waals surface area contributed by atoms with Crippen LogP contribution in [0.2, 0.25) is 0 Å². The van der Waals surface area contributed by atoms with Crippen molar-refractivity contribution in [2.24, 2.45) is 5.92 Å². The van der Waals surface area contributed by atoms with Crippen LogP contribution in [0, 0.1) is 12.8 Å². The lowest BCUT2D eigenvalue weighted by atomic mass is 9.99. The van der Waals surface area contributed by atoms with Crippen molar-refractivity contribution in [3.63, 3.8) is 0 Å². The lowest BCUT2D eigenvalue weighted by Crippen LogP contribution is -2.13. The summed E-state index contributed by atoms with van der Waals surface area (Å²) in [5.74, 6) is 0.821. The van der Waals surface area contributed by atoms with Crippen molar-refractivity contribution in [2.45, 2.75) is 46.5 Å². The largest absolute Gasteiger partial charge is 0.385 e. The van der Waals surface area contributed by atoms with Crippen molar-refractivity contribution < 1.29 is 0 Å². The molecular formula is C15H25N. The predicted octanol–water partition coefficient (Wildman–Crippen LogP) is 4.62. The van der Waals surface area contributed by atoms with Gasteiger partial charge in [0.25, 0.3) is 0 Å². The first-order chi connectivity index (χ1) is 7.76. The monoisotopic (exact) mass is 219 g/mol. The quantitative estimate of drug-likeness (QED) is 0.705. The average Bonchev–Trinajstić information content (AvgIpc) is 2.32. The molecule has 1 unspecified atom stereocenters. The predicted molar refractivity (Wildman–Crippen MR) is 73.0 cm³/mol. The SMILES string of the molecule is CCCCC(CC)CNc1ccc(C)cc1. The summed E-state index contributed by atoms with van der Waals surface area (Å²) < 4.78 is 0. The molecule has 1 atom stereocenters. The van der Waals surface area contributed by atoms with E-state index in [0.29, 0.717) is 0 Å². The van der Waals surface area contributed by atoms with Crippen molar-refractivity contribution in [3.05, 3.63) is 29.8 Å². The summed E-state index contributed by atoms with van der Waals surface area (Å²) in [6.45, 7) is 7.79. The molecule has 16 heavy (non-hydrogen) atoms. The van der Waals surface area contributed by atoms with Crippen molar-refractivity contribution in [1.82, 2.24) is 0 Å². The van der Waals surface area contributed by atoms with Crippen molar-refractivity contribution in [2.75, 3.05) is 11.9 Å². The number of benzene rings is 1. The van der Waals surface area contributed by atoms with Crippen molar-refractivity contribution in [3.8, 4) is 0 Å². The minimum Gasteiger partial charge on any atom is -0.385 e. The van der Waals surface area contributed by atoms with Crippen LogP contribution in [0.5, 0.6) is 0 Å². The molecule has 1 aromatic carbocycles. The lowest BCUT2D eigenvalue weighted by molar-refractivity contribution is 0.473. The first kappa shape index (κ1) is 13.1. The highest BCUT2D eigenvalue weighted by molar-refractivity contribution is 5.44. The third-order valence-electron chi connectivity index (χ3n) is 3.19. The van der Waals surface area contributed by atoms with E-state index in [-0.39, 0.29) is 0 Å². The van der Waals surface area contributed by atoms with Crippen LogP contribution in [0.1, 0.15) is 45.1 Å². The molecule has 1 N–H and O–H groups in total. The molecule has 0 aliphatic heterocycles. The molecule has 0 bridgehead atoms. The van der Waals surface area contributed by atoms with Gasteiger partial charge in [-0.25, -0.2) is 0 Å². The fourth-order valence-corrected chi connectivity index (χ4v) is 1.88. The van der Waals surface area contributed by atoms with Crippen LogP contribution >= 0.6 is 0 Å². The molecule has 1 aromatic rings. The Labute approximate surface area is 100 Å². The molecule has 0 saturated carbocycles. The Kier molecular flexibility index (Phi) is 5.99. The summed E-state index contributed by atoms with van der Waals surface area (Å²) in [6.07, 6.45) is 5.29. The number of rotatable bonds is 7. The maximum absolute atomic E-state index is 3.53. The maximum atomic E-state index is 3.53. The number of unbranched alkanes of at least 4 members (excludes halogenated alkanes) is 1.